The van der Waals surface area contributed by atoms with E-state index in [4.69, 9.17) is 0 Å². The van der Waals surface area contributed by atoms with Gasteiger partial charge in [-0.2, -0.15) is 0 Å². The van der Waals surface area contributed by atoms with Crippen molar-refractivity contribution in [2.24, 2.45) is 10.9 Å². The minimum absolute atomic E-state index is 0.497. The second kappa shape index (κ2) is 4.73. The Hall–Kier alpha value is -0.760. The molecule has 2 aliphatic rings. The molecule has 0 fully saturated rings. The molecule has 0 amide bonds. The van der Waals surface area contributed by atoms with Crippen LogP contribution in [-0.4, -0.2) is 12.1 Å². The van der Waals surface area contributed by atoms with E-state index in [9.17, 15) is 0 Å². The first-order valence-electron chi connectivity index (χ1n) is 7.01. The average Bonchev–Trinajstić information content (AvgIpc) is 2.72. The van der Waals surface area contributed by atoms with Crippen molar-refractivity contribution < 1.29 is 0 Å². The van der Waals surface area contributed by atoms with Gasteiger partial charge in [0.2, 0.25) is 0 Å². The van der Waals surface area contributed by atoms with Gasteiger partial charge < -0.3 is 0 Å². The largest absolute Gasteiger partial charge is 0.286 e. The van der Waals surface area contributed by atoms with Crippen LogP contribution in [-0.2, 0) is 19.3 Å². The fraction of sp³-hybridized carbons (Fsp3) is 0.562. The highest BCUT2D eigenvalue weighted by Gasteiger charge is 2.32. The van der Waals surface area contributed by atoms with Crippen molar-refractivity contribution in [3.63, 3.8) is 0 Å². The molecular weight excluding hydrogens is 238 g/mol. The van der Waals surface area contributed by atoms with Gasteiger partial charge in [-0.3, -0.25) is 4.99 Å². The van der Waals surface area contributed by atoms with E-state index in [2.05, 4.69) is 36.7 Å². The zero-order chi connectivity index (χ0) is 12.7. The molecule has 0 saturated heterocycles. The number of thiol groups is 1. The van der Waals surface area contributed by atoms with Crippen LogP contribution in [0.5, 0.6) is 0 Å². The Morgan fingerprint density at radius 1 is 1.17 bits per heavy atom. The number of hydrogen-bond donors (Lipinski definition) is 1. The Labute approximate surface area is 115 Å². The van der Waals surface area contributed by atoms with Crippen LogP contribution in [0, 0.1) is 5.92 Å². The van der Waals surface area contributed by atoms with E-state index in [0.717, 1.165) is 11.5 Å². The molecule has 3 rings (SSSR count). The van der Waals surface area contributed by atoms with E-state index in [-0.39, 0.29) is 0 Å². The van der Waals surface area contributed by atoms with Gasteiger partial charge in [0.1, 0.15) is 0 Å². The molecule has 1 nitrogen and oxygen atoms in total. The van der Waals surface area contributed by atoms with Crippen molar-refractivity contribution in [1.82, 2.24) is 0 Å². The molecule has 96 valence electrons. The topological polar surface area (TPSA) is 12.4 Å². The molecule has 0 saturated carbocycles. The first-order chi connectivity index (χ1) is 8.70. The molecule has 1 aromatic rings. The quantitative estimate of drug-likeness (QED) is 0.447. The zero-order valence-corrected chi connectivity index (χ0v) is 12.1. The molecule has 18 heavy (non-hydrogen) atoms. The third kappa shape index (κ3) is 1.91. The van der Waals surface area contributed by atoms with Gasteiger partial charge in [0.15, 0.2) is 0 Å². The average molecular weight is 259 g/mol. The van der Waals surface area contributed by atoms with E-state index >= 15 is 0 Å². The van der Waals surface area contributed by atoms with Gasteiger partial charge in [-0.15, -0.1) is 12.6 Å². The van der Waals surface area contributed by atoms with Gasteiger partial charge in [0, 0.05) is 13.0 Å². The van der Waals surface area contributed by atoms with Crippen molar-refractivity contribution in [3.05, 3.63) is 34.4 Å². The molecule has 0 aliphatic heterocycles. The molecule has 2 unspecified atom stereocenters. The van der Waals surface area contributed by atoms with E-state index in [0.29, 0.717) is 11.8 Å². The molecule has 0 bridgehead atoms. The predicted octanol–water partition coefficient (Wildman–Crippen LogP) is 3.80. The van der Waals surface area contributed by atoms with E-state index in [1.807, 2.05) is 7.05 Å². The molecule has 0 N–H and O–H groups in total. The van der Waals surface area contributed by atoms with Gasteiger partial charge in [0.05, 0.1) is 5.04 Å². The van der Waals surface area contributed by atoms with Crippen molar-refractivity contribution in [3.8, 4) is 0 Å². The summed E-state index contributed by atoms with van der Waals surface area (Å²) in [6, 6.07) is 4.95. The van der Waals surface area contributed by atoms with Crippen molar-refractivity contribution >= 4 is 17.7 Å². The molecule has 2 aliphatic carbocycles. The third-order valence-electron chi connectivity index (χ3n) is 4.70. The standard InChI is InChI=1S/C16H21NS/c1-10-14-8-12-6-4-3-5-11(12)7-13(14)9-15(10)16(18)17-2/h7-8,10,15H,3-6,9H2,1-2H3,(H,17,18). The summed E-state index contributed by atoms with van der Waals surface area (Å²) in [5.41, 5.74) is 6.29. The summed E-state index contributed by atoms with van der Waals surface area (Å²) in [5.74, 6) is 1.07. The molecule has 0 heterocycles. The van der Waals surface area contributed by atoms with Gasteiger partial charge in [-0.1, -0.05) is 19.1 Å². The van der Waals surface area contributed by atoms with E-state index in [1.54, 1.807) is 22.3 Å². The van der Waals surface area contributed by atoms with Crippen molar-refractivity contribution in [2.75, 3.05) is 7.05 Å². The molecule has 1 aromatic carbocycles. The van der Waals surface area contributed by atoms with Crippen LogP contribution in [0.3, 0.4) is 0 Å². The van der Waals surface area contributed by atoms with E-state index in [1.165, 1.54) is 25.7 Å². The number of aryl methyl sites for hydroxylation is 2. The normalized spacial score (nSPS) is 26.9. The number of rotatable bonds is 1. The second-order valence-corrected chi connectivity index (χ2v) is 6.17. The summed E-state index contributed by atoms with van der Waals surface area (Å²) in [6.07, 6.45) is 6.39. The van der Waals surface area contributed by atoms with Gasteiger partial charge in [-0.05, 0) is 60.3 Å². The SMILES string of the molecule is C/N=C(\S)C1Cc2cc3c(cc2C1C)CCCC3. The summed E-state index contributed by atoms with van der Waals surface area (Å²) in [5, 5.41) is 1.01. The van der Waals surface area contributed by atoms with Gasteiger partial charge in [-0.25, -0.2) is 0 Å². The number of hydrogen-bond acceptors (Lipinski definition) is 1. The maximum atomic E-state index is 4.55. The molecule has 0 radical (unpaired) electrons. The second-order valence-electron chi connectivity index (χ2n) is 5.71. The lowest BCUT2D eigenvalue weighted by molar-refractivity contribution is 0.633. The maximum absolute atomic E-state index is 4.55. The summed E-state index contributed by atoms with van der Waals surface area (Å²) < 4.78 is 0. The highest BCUT2D eigenvalue weighted by atomic mass is 32.1. The number of benzene rings is 1. The first-order valence-corrected chi connectivity index (χ1v) is 7.45. The molecule has 2 heteroatoms. The predicted molar refractivity (Wildman–Crippen MR) is 81.0 cm³/mol. The van der Waals surface area contributed by atoms with Gasteiger partial charge in [0.25, 0.3) is 0 Å². The Morgan fingerprint density at radius 2 is 1.83 bits per heavy atom. The minimum Gasteiger partial charge on any atom is -0.286 e. The molecule has 0 aromatic heterocycles. The maximum Gasteiger partial charge on any atom is 0.0682 e. The lowest BCUT2D eigenvalue weighted by Gasteiger charge is -2.18. The summed E-state index contributed by atoms with van der Waals surface area (Å²) in [6.45, 7) is 2.33. The number of nitrogens with zero attached hydrogens (tertiary/aromatic N) is 1. The van der Waals surface area contributed by atoms with Crippen LogP contribution in [0.15, 0.2) is 17.1 Å². The van der Waals surface area contributed by atoms with Gasteiger partial charge >= 0.3 is 0 Å². The molecule has 2 atom stereocenters. The summed E-state index contributed by atoms with van der Waals surface area (Å²) in [4.78, 5) is 4.28. The fourth-order valence-corrected chi connectivity index (χ4v) is 3.88. The smallest absolute Gasteiger partial charge is 0.0682 e. The third-order valence-corrected chi connectivity index (χ3v) is 5.23. The van der Waals surface area contributed by atoms with Crippen LogP contribution in [0.4, 0.5) is 0 Å². The van der Waals surface area contributed by atoms with Crippen LogP contribution >= 0.6 is 12.6 Å². The number of fused-ring (bicyclic) bond motifs is 2. The lowest BCUT2D eigenvalue weighted by Crippen LogP contribution is -2.12. The van der Waals surface area contributed by atoms with Crippen LogP contribution < -0.4 is 0 Å². The van der Waals surface area contributed by atoms with Crippen molar-refractivity contribution in [1.29, 1.82) is 0 Å². The zero-order valence-electron chi connectivity index (χ0n) is 11.2. The lowest BCUT2D eigenvalue weighted by atomic mass is 9.87. The minimum atomic E-state index is 0.497. The monoisotopic (exact) mass is 259 g/mol. The Bertz CT molecular complexity index is 504. The highest BCUT2D eigenvalue weighted by molar-refractivity contribution is 7.97. The fourth-order valence-electron chi connectivity index (χ4n) is 3.57. The first kappa shape index (κ1) is 12.3. The Balaban J connectivity index is 2.00. The Morgan fingerprint density at radius 3 is 2.50 bits per heavy atom. The summed E-state index contributed by atoms with van der Waals surface area (Å²) >= 11 is 4.55. The highest BCUT2D eigenvalue weighted by Crippen LogP contribution is 2.41. The molecule has 0 spiro atoms. The van der Waals surface area contributed by atoms with Crippen molar-refractivity contribution in [2.45, 2.75) is 44.9 Å². The van der Waals surface area contributed by atoms with Crippen LogP contribution in [0.2, 0.25) is 0 Å². The van der Waals surface area contributed by atoms with Crippen LogP contribution in [0.1, 0.15) is 47.9 Å². The van der Waals surface area contributed by atoms with E-state index < -0.39 is 0 Å². The van der Waals surface area contributed by atoms with Crippen LogP contribution in [0.25, 0.3) is 0 Å². The summed E-state index contributed by atoms with van der Waals surface area (Å²) in [7, 11) is 1.85. The molecular formula is C16H21NS. The number of aliphatic imine (C=N–C) groups is 1. The Kier molecular flexibility index (Phi) is 3.23.